The standard InChI is InChI=1S/C11H13NO5/c1-16-10(14)6-5-8-9(13)4-3-7(6)12(8)11(15)17-2/h3-4,6-8H,5H2,1-2H3/t6-,7+,8+/m1/s1. The van der Waals surface area contributed by atoms with Crippen molar-refractivity contribution in [2.75, 3.05) is 14.2 Å². The number of methoxy groups -OCH3 is 2. The van der Waals surface area contributed by atoms with Crippen LogP contribution in [0.3, 0.4) is 0 Å². The maximum atomic E-state index is 11.7. The third kappa shape index (κ3) is 1.69. The number of amides is 1. The Labute approximate surface area is 98.2 Å². The second-order valence-corrected chi connectivity index (χ2v) is 4.01. The van der Waals surface area contributed by atoms with Crippen LogP contribution in [-0.2, 0) is 19.1 Å². The summed E-state index contributed by atoms with van der Waals surface area (Å²) < 4.78 is 9.31. The minimum absolute atomic E-state index is 0.182. The molecule has 0 radical (unpaired) electrons. The molecule has 0 aromatic carbocycles. The van der Waals surface area contributed by atoms with Crippen LogP contribution in [0, 0.1) is 5.92 Å². The minimum atomic E-state index is -0.610. The normalized spacial score (nSPS) is 30.4. The van der Waals surface area contributed by atoms with Gasteiger partial charge in [0.05, 0.1) is 32.2 Å². The molecule has 0 aromatic rings. The molecule has 1 amide bonds. The molecule has 1 fully saturated rings. The average molecular weight is 239 g/mol. The van der Waals surface area contributed by atoms with Crippen LogP contribution in [0.4, 0.5) is 4.79 Å². The van der Waals surface area contributed by atoms with Gasteiger partial charge in [0.1, 0.15) is 0 Å². The Morgan fingerprint density at radius 3 is 2.65 bits per heavy atom. The lowest BCUT2D eigenvalue weighted by molar-refractivity contribution is -0.145. The molecular weight excluding hydrogens is 226 g/mol. The van der Waals surface area contributed by atoms with E-state index in [1.165, 1.54) is 25.2 Å². The molecule has 6 heteroatoms. The molecule has 2 bridgehead atoms. The Bertz CT molecular complexity index is 403. The minimum Gasteiger partial charge on any atom is -0.469 e. The zero-order valence-electron chi connectivity index (χ0n) is 9.58. The first-order valence-electron chi connectivity index (χ1n) is 5.26. The molecule has 17 heavy (non-hydrogen) atoms. The fraction of sp³-hybridized carbons (Fsp3) is 0.545. The number of hydrogen-bond donors (Lipinski definition) is 0. The first kappa shape index (κ1) is 11.6. The van der Waals surface area contributed by atoms with Gasteiger partial charge in [-0.15, -0.1) is 0 Å². The molecule has 0 saturated carbocycles. The van der Waals surface area contributed by atoms with E-state index >= 15 is 0 Å². The number of nitrogens with zero attached hydrogens (tertiary/aromatic N) is 1. The van der Waals surface area contributed by atoms with Gasteiger partial charge in [-0.1, -0.05) is 6.08 Å². The Hall–Kier alpha value is -1.85. The number of carbonyl (C=O) groups excluding carboxylic acids is 3. The van der Waals surface area contributed by atoms with E-state index in [0.29, 0.717) is 0 Å². The lowest BCUT2D eigenvalue weighted by Crippen LogP contribution is -2.47. The van der Waals surface area contributed by atoms with Crippen molar-refractivity contribution in [3.63, 3.8) is 0 Å². The van der Waals surface area contributed by atoms with E-state index in [2.05, 4.69) is 9.47 Å². The highest BCUT2D eigenvalue weighted by Crippen LogP contribution is 2.35. The first-order chi connectivity index (χ1) is 8.10. The largest absolute Gasteiger partial charge is 0.469 e. The summed E-state index contributed by atoms with van der Waals surface area (Å²) in [7, 11) is 2.54. The number of esters is 1. The van der Waals surface area contributed by atoms with Crippen LogP contribution < -0.4 is 0 Å². The van der Waals surface area contributed by atoms with E-state index in [1.807, 2.05) is 0 Å². The summed E-state index contributed by atoms with van der Waals surface area (Å²) in [6, 6.07) is -1.06. The van der Waals surface area contributed by atoms with Gasteiger partial charge in [-0.05, 0) is 12.5 Å². The van der Waals surface area contributed by atoms with E-state index in [0.717, 1.165) is 0 Å². The topological polar surface area (TPSA) is 72.9 Å². The van der Waals surface area contributed by atoms with Crippen LogP contribution in [-0.4, -0.2) is 49.0 Å². The van der Waals surface area contributed by atoms with E-state index < -0.39 is 30.1 Å². The van der Waals surface area contributed by atoms with Crippen molar-refractivity contribution < 1.29 is 23.9 Å². The van der Waals surface area contributed by atoms with Crippen LogP contribution in [0.25, 0.3) is 0 Å². The molecule has 92 valence electrons. The van der Waals surface area contributed by atoms with Crippen LogP contribution in [0.1, 0.15) is 6.42 Å². The highest BCUT2D eigenvalue weighted by Gasteiger charge is 2.51. The molecule has 3 atom stereocenters. The molecule has 0 N–H and O–H groups in total. The average Bonchev–Trinajstić information content (AvgIpc) is 2.65. The number of hydrogen-bond acceptors (Lipinski definition) is 5. The van der Waals surface area contributed by atoms with Gasteiger partial charge in [-0.3, -0.25) is 14.5 Å². The number of carbonyl (C=O) groups is 3. The summed E-state index contributed by atoms with van der Waals surface area (Å²) in [6.45, 7) is 0. The Kier molecular flexibility index (Phi) is 2.87. The van der Waals surface area contributed by atoms with E-state index in [4.69, 9.17) is 0 Å². The van der Waals surface area contributed by atoms with Gasteiger partial charge in [0, 0.05) is 0 Å². The summed E-state index contributed by atoms with van der Waals surface area (Å²) in [5, 5.41) is 0. The summed E-state index contributed by atoms with van der Waals surface area (Å²) in [6.07, 6.45) is 2.67. The van der Waals surface area contributed by atoms with Gasteiger partial charge in [0.25, 0.3) is 0 Å². The number of rotatable bonds is 1. The SMILES string of the molecule is COC(=O)[C@@H]1C[C@H]2C(=O)C=C[C@@H]1N2C(=O)OC. The second kappa shape index (κ2) is 4.20. The third-order valence-electron chi connectivity index (χ3n) is 3.22. The van der Waals surface area contributed by atoms with Crippen molar-refractivity contribution in [1.82, 2.24) is 4.90 Å². The predicted octanol–water partition coefficient (Wildman–Crippen LogP) is 0.124. The molecule has 0 aliphatic carbocycles. The summed E-state index contributed by atoms with van der Waals surface area (Å²) >= 11 is 0. The Morgan fingerprint density at radius 2 is 2.06 bits per heavy atom. The van der Waals surface area contributed by atoms with Crippen LogP contribution >= 0.6 is 0 Å². The van der Waals surface area contributed by atoms with Gasteiger partial charge < -0.3 is 9.47 Å². The van der Waals surface area contributed by atoms with Gasteiger partial charge in [0.15, 0.2) is 5.78 Å². The van der Waals surface area contributed by atoms with Crippen LogP contribution in [0.15, 0.2) is 12.2 Å². The number of ether oxygens (including phenoxy) is 2. The Morgan fingerprint density at radius 1 is 1.35 bits per heavy atom. The fourth-order valence-corrected chi connectivity index (χ4v) is 2.42. The number of fused-ring (bicyclic) bond motifs is 2. The summed E-state index contributed by atoms with van der Waals surface area (Å²) in [4.78, 5) is 36.1. The lowest BCUT2D eigenvalue weighted by atomic mass is 10.0. The highest BCUT2D eigenvalue weighted by atomic mass is 16.5. The quantitative estimate of drug-likeness (QED) is 0.608. The van der Waals surface area contributed by atoms with E-state index in [-0.39, 0.29) is 12.2 Å². The molecule has 2 aliphatic heterocycles. The monoisotopic (exact) mass is 239 g/mol. The highest BCUT2D eigenvalue weighted by molar-refractivity contribution is 5.99. The molecule has 0 spiro atoms. The van der Waals surface area contributed by atoms with Gasteiger partial charge in [-0.2, -0.15) is 0 Å². The smallest absolute Gasteiger partial charge is 0.410 e. The van der Waals surface area contributed by atoms with Crippen LogP contribution in [0.2, 0.25) is 0 Å². The van der Waals surface area contributed by atoms with Crippen molar-refractivity contribution >= 4 is 17.8 Å². The second-order valence-electron chi connectivity index (χ2n) is 4.01. The first-order valence-corrected chi connectivity index (χ1v) is 5.26. The van der Waals surface area contributed by atoms with E-state index in [1.54, 1.807) is 6.08 Å². The predicted molar refractivity (Wildman–Crippen MR) is 56.1 cm³/mol. The summed E-state index contributed by atoms with van der Waals surface area (Å²) in [5.74, 6) is -1.09. The third-order valence-corrected chi connectivity index (χ3v) is 3.22. The molecule has 0 unspecified atom stereocenters. The molecular formula is C11H13NO5. The molecule has 2 heterocycles. The Balaban J connectivity index is 2.31. The molecule has 0 aromatic heterocycles. The van der Waals surface area contributed by atoms with Gasteiger partial charge in [-0.25, -0.2) is 4.79 Å². The van der Waals surface area contributed by atoms with Crippen molar-refractivity contribution in [2.45, 2.75) is 18.5 Å². The van der Waals surface area contributed by atoms with Crippen molar-refractivity contribution in [2.24, 2.45) is 5.92 Å². The van der Waals surface area contributed by atoms with Crippen molar-refractivity contribution in [3.05, 3.63) is 12.2 Å². The fourth-order valence-electron chi connectivity index (χ4n) is 2.42. The number of ketones is 1. The molecule has 6 nitrogen and oxygen atoms in total. The van der Waals surface area contributed by atoms with Gasteiger partial charge in [0.2, 0.25) is 0 Å². The zero-order valence-corrected chi connectivity index (χ0v) is 9.58. The zero-order chi connectivity index (χ0) is 12.6. The van der Waals surface area contributed by atoms with Crippen molar-refractivity contribution in [1.29, 1.82) is 0 Å². The lowest BCUT2D eigenvalue weighted by Gasteiger charge is -2.29. The maximum Gasteiger partial charge on any atom is 0.410 e. The summed E-state index contributed by atoms with van der Waals surface area (Å²) in [5.41, 5.74) is 0. The molecule has 1 saturated heterocycles. The van der Waals surface area contributed by atoms with E-state index in [9.17, 15) is 14.4 Å². The van der Waals surface area contributed by atoms with Crippen LogP contribution in [0.5, 0.6) is 0 Å². The van der Waals surface area contributed by atoms with Crippen molar-refractivity contribution in [3.8, 4) is 0 Å². The van der Waals surface area contributed by atoms with Gasteiger partial charge >= 0.3 is 12.1 Å². The molecule has 2 rings (SSSR count). The maximum absolute atomic E-state index is 11.7. The molecule has 2 aliphatic rings.